The molecule has 2 atom stereocenters. The topological polar surface area (TPSA) is 62.4 Å². The first-order valence-corrected chi connectivity index (χ1v) is 7.18. The molecule has 1 aromatic rings. The van der Waals surface area contributed by atoms with Crippen LogP contribution in [-0.2, 0) is 6.54 Å². The van der Waals surface area contributed by atoms with Crippen LogP contribution in [-0.4, -0.2) is 40.2 Å². The lowest BCUT2D eigenvalue weighted by Crippen LogP contribution is -2.50. The summed E-state index contributed by atoms with van der Waals surface area (Å²) in [6.07, 6.45) is 2.41. The van der Waals surface area contributed by atoms with Crippen molar-refractivity contribution in [1.82, 2.24) is 9.88 Å². The molecule has 1 aliphatic rings. The molecule has 0 spiro atoms. The number of rotatable bonds is 7. The fraction of sp³-hybridized carbons (Fsp3) is 0.667. The van der Waals surface area contributed by atoms with E-state index in [0.29, 0.717) is 5.92 Å². The molecule has 1 heterocycles. The summed E-state index contributed by atoms with van der Waals surface area (Å²) in [7, 11) is 0. The molecule has 4 nitrogen and oxygen atoms in total. The van der Waals surface area contributed by atoms with Crippen LogP contribution in [0.15, 0.2) is 18.2 Å². The highest BCUT2D eigenvalue weighted by Gasteiger charge is 2.36. The van der Waals surface area contributed by atoms with Crippen molar-refractivity contribution in [3.05, 3.63) is 29.6 Å². The van der Waals surface area contributed by atoms with Gasteiger partial charge in [-0.3, -0.25) is 9.88 Å². The Morgan fingerprint density at radius 1 is 1.47 bits per heavy atom. The smallest absolute Gasteiger partial charge is 0.0602 e. The van der Waals surface area contributed by atoms with Gasteiger partial charge in [-0.25, -0.2) is 0 Å². The molecule has 2 rings (SSSR count). The van der Waals surface area contributed by atoms with Gasteiger partial charge in [0.2, 0.25) is 0 Å². The van der Waals surface area contributed by atoms with E-state index in [1.54, 1.807) is 0 Å². The van der Waals surface area contributed by atoms with Crippen LogP contribution >= 0.6 is 0 Å². The fourth-order valence-corrected chi connectivity index (χ4v) is 2.64. The number of pyridine rings is 1. The predicted molar refractivity (Wildman–Crippen MR) is 76.6 cm³/mol. The number of aliphatic hydroxyl groups excluding tert-OH is 1. The zero-order chi connectivity index (χ0) is 13.8. The summed E-state index contributed by atoms with van der Waals surface area (Å²) in [4.78, 5) is 6.77. The van der Waals surface area contributed by atoms with Crippen molar-refractivity contribution in [2.75, 3.05) is 13.2 Å². The summed E-state index contributed by atoms with van der Waals surface area (Å²) in [5.74, 6) is 0.594. The van der Waals surface area contributed by atoms with Crippen LogP contribution in [0.25, 0.3) is 0 Å². The Bertz CT molecular complexity index is 406. The molecule has 1 fully saturated rings. The summed E-state index contributed by atoms with van der Waals surface area (Å²) < 4.78 is 0. The van der Waals surface area contributed by atoms with Gasteiger partial charge in [-0.15, -0.1) is 0 Å². The van der Waals surface area contributed by atoms with Gasteiger partial charge in [0.1, 0.15) is 0 Å². The lowest BCUT2D eigenvalue weighted by Gasteiger charge is -2.33. The Morgan fingerprint density at radius 2 is 2.21 bits per heavy atom. The molecule has 4 heteroatoms. The summed E-state index contributed by atoms with van der Waals surface area (Å²) in [6.45, 7) is 5.86. The molecular weight excluding hydrogens is 238 g/mol. The van der Waals surface area contributed by atoms with Crippen molar-refractivity contribution < 1.29 is 5.11 Å². The highest BCUT2D eigenvalue weighted by Crippen LogP contribution is 2.34. The van der Waals surface area contributed by atoms with Crippen LogP contribution in [0.3, 0.4) is 0 Å². The van der Waals surface area contributed by atoms with Crippen molar-refractivity contribution in [3.8, 4) is 0 Å². The summed E-state index contributed by atoms with van der Waals surface area (Å²) >= 11 is 0. The number of nitrogens with two attached hydrogens (primary N) is 1. The number of aromatic nitrogens is 1. The minimum atomic E-state index is 0.0415. The molecular formula is C15H25N3O. The molecule has 106 valence electrons. The van der Waals surface area contributed by atoms with Crippen molar-refractivity contribution in [3.63, 3.8) is 0 Å². The van der Waals surface area contributed by atoms with Gasteiger partial charge in [-0.2, -0.15) is 0 Å². The van der Waals surface area contributed by atoms with E-state index in [0.717, 1.165) is 24.5 Å². The highest BCUT2D eigenvalue weighted by atomic mass is 16.3. The molecule has 0 aromatic carbocycles. The second-order valence-corrected chi connectivity index (χ2v) is 5.50. The summed E-state index contributed by atoms with van der Waals surface area (Å²) in [5.41, 5.74) is 8.34. The third kappa shape index (κ3) is 3.75. The standard InChI is InChI=1S/C15H25N3O/c1-3-18(9-13-6-4-5-11(2)17-13)14(10-19)15(16)12-7-8-12/h4-6,12,14-15,19H,3,7-10,16H2,1-2H3. The molecule has 0 aliphatic heterocycles. The first-order chi connectivity index (χ1) is 9.15. The number of nitrogens with zero attached hydrogens (tertiary/aromatic N) is 2. The van der Waals surface area contributed by atoms with Gasteiger partial charge in [-0.1, -0.05) is 13.0 Å². The zero-order valence-corrected chi connectivity index (χ0v) is 11.9. The van der Waals surface area contributed by atoms with Gasteiger partial charge in [0.05, 0.1) is 12.3 Å². The Morgan fingerprint density at radius 3 is 2.74 bits per heavy atom. The maximum atomic E-state index is 9.67. The molecule has 19 heavy (non-hydrogen) atoms. The van der Waals surface area contributed by atoms with E-state index in [9.17, 15) is 5.11 Å². The van der Waals surface area contributed by atoms with Crippen LogP contribution in [0.2, 0.25) is 0 Å². The van der Waals surface area contributed by atoms with E-state index in [1.807, 2.05) is 25.1 Å². The van der Waals surface area contributed by atoms with Crippen LogP contribution in [0.4, 0.5) is 0 Å². The van der Waals surface area contributed by atoms with Crippen molar-refractivity contribution >= 4 is 0 Å². The molecule has 1 aromatic heterocycles. The first-order valence-electron chi connectivity index (χ1n) is 7.18. The Kier molecular flexibility index (Phi) is 4.91. The molecule has 1 saturated carbocycles. The van der Waals surface area contributed by atoms with Crippen LogP contribution in [0, 0.1) is 12.8 Å². The maximum absolute atomic E-state index is 9.67. The van der Waals surface area contributed by atoms with E-state index >= 15 is 0 Å². The van der Waals surface area contributed by atoms with Gasteiger partial charge in [0.25, 0.3) is 0 Å². The van der Waals surface area contributed by atoms with Gasteiger partial charge in [-0.05, 0) is 44.4 Å². The lowest BCUT2D eigenvalue weighted by molar-refractivity contribution is 0.0955. The molecule has 1 aliphatic carbocycles. The third-order valence-corrected chi connectivity index (χ3v) is 3.98. The van der Waals surface area contributed by atoms with Crippen LogP contribution in [0.5, 0.6) is 0 Å². The molecule has 2 unspecified atom stereocenters. The SMILES string of the molecule is CCN(Cc1cccc(C)n1)C(CO)C(N)C1CC1. The van der Waals surface area contributed by atoms with Gasteiger partial charge >= 0.3 is 0 Å². The maximum Gasteiger partial charge on any atom is 0.0602 e. The minimum absolute atomic E-state index is 0.0415. The average Bonchev–Trinajstić information content (AvgIpc) is 3.22. The van der Waals surface area contributed by atoms with E-state index in [-0.39, 0.29) is 18.7 Å². The van der Waals surface area contributed by atoms with E-state index in [2.05, 4.69) is 16.8 Å². The quantitative estimate of drug-likeness (QED) is 0.778. The lowest BCUT2D eigenvalue weighted by atomic mass is 10.0. The molecule has 0 saturated heterocycles. The first kappa shape index (κ1) is 14.4. The molecule has 0 bridgehead atoms. The molecule has 0 amide bonds. The number of aryl methyl sites for hydroxylation is 1. The van der Waals surface area contributed by atoms with Gasteiger partial charge in [0.15, 0.2) is 0 Å². The number of likely N-dealkylation sites (N-methyl/N-ethyl adjacent to an activating group) is 1. The average molecular weight is 263 g/mol. The van der Waals surface area contributed by atoms with Crippen LogP contribution < -0.4 is 5.73 Å². The second-order valence-electron chi connectivity index (χ2n) is 5.50. The normalized spacial score (nSPS) is 18.6. The molecule has 0 radical (unpaired) electrons. The predicted octanol–water partition coefficient (Wildman–Crippen LogP) is 1.31. The Labute approximate surface area is 115 Å². The van der Waals surface area contributed by atoms with Gasteiger partial charge < -0.3 is 10.8 Å². The summed E-state index contributed by atoms with van der Waals surface area (Å²) in [6, 6.07) is 6.18. The highest BCUT2D eigenvalue weighted by molar-refractivity contribution is 5.10. The minimum Gasteiger partial charge on any atom is -0.395 e. The van der Waals surface area contributed by atoms with Crippen molar-refractivity contribution in [2.24, 2.45) is 11.7 Å². The van der Waals surface area contributed by atoms with E-state index in [4.69, 9.17) is 5.73 Å². The van der Waals surface area contributed by atoms with E-state index in [1.165, 1.54) is 12.8 Å². The molecule has 3 N–H and O–H groups in total. The number of hydrogen-bond donors (Lipinski definition) is 2. The Hall–Kier alpha value is -0.970. The second kappa shape index (κ2) is 6.46. The van der Waals surface area contributed by atoms with Gasteiger partial charge in [0, 0.05) is 24.3 Å². The summed E-state index contributed by atoms with van der Waals surface area (Å²) in [5, 5.41) is 9.67. The number of aliphatic hydroxyl groups is 1. The van der Waals surface area contributed by atoms with Crippen LogP contribution in [0.1, 0.15) is 31.2 Å². The van der Waals surface area contributed by atoms with Crippen molar-refractivity contribution in [2.45, 2.75) is 45.3 Å². The Balaban J connectivity index is 2.05. The number of hydrogen-bond acceptors (Lipinski definition) is 4. The largest absolute Gasteiger partial charge is 0.395 e. The van der Waals surface area contributed by atoms with Crippen molar-refractivity contribution in [1.29, 1.82) is 0 Å². The zero-order valence-electron chi connectivity index (χ0n) is 11.9. The fourth-order valence-electron chi connectivity index (χ4n) is 2.64. The van der Waals surface area contributed by atoms with E-state index < -0.39 is 0 Å². The monoisotopic (exact) mass is 263 g/mol. The third-order valence-electron chi connectivity index (χ3n) is 3.98.